The number of nitro benzene ring substituents is 1. The third-order valence-corrected chi connectivity index (χ3v) is 2.28. The van der Waals surface area contributed by atoms with E-state index in [1.807, 2.05) is 0 Å². The number of rotatable bonds is 5. The van der Waals surface area contributed by atoms with Crippen LogP contribution < -0.4 is 0 Å². The number of aliphatic hydroxyl groups is 2. The molecule has 0 aliphatic rings. The van der Waals surface area contributed by atoms with Crippen molar-refractivity contribution in [3.05, 3.63) is 49.9 Å². The maximum Gasteiger partial charge on any atom is 0.278 e. The first-order valence-electron chi connectivity index (χ1n) is 4.88. The standard InChI is InChI=1S/C9H8F2N4O4/c10-5-1-4(7(15(18)19)2-6(5)11)9(17)8(16)3-13-14-12/h1-2,8-9,16-17H,3H2. The van der Waals surface area contributed by atoms with E-state index in [-0.39, 0.29) is 0 Å². The summed E-state index contributed by atoms with van der Waals surface area (Å²) in [6, 6.07) is 0.714. The molecule has 2 unspecified atom stereocenters. The second-order valence-electron chi connectivity index (χ2n) is 3.51. The van der Waals surface area contributed by atoms with E-state index in [9.17, 15) is 29.1 Å². The molecule has 19 heavy (non-hydrogen) atoms. The monoisotopic (exact) mass is 274 g/mol. The van der Waals surface area contributed by atoms with Gasteiger partial charge in [-0.2, -0.15) is 0 Å². The lowest BCUT2D eigenvalue weighted by atomic mass is 10.0. The largest absolute Gasteiger partial charge is 0.390 e. The van der Waals surface area contributed by atoms with E-state index in [1.165, 1.54) is 0 Å². The minimum absolute atomic E-state index is 0.300. The smallest absolute Gasteiger partial charge is 0.278 e. The number of hydrogen-bond donors (Lipinski definition) is 2. The molecule has 0 fully saturated rings. The highest BCUT2D eigenvalue weighted by atomic mass is 19.2. The molecule has 0 radical (unpaired) electrons. The number of nitrogens with zero attached hydrogens (tertiary/aromatic N) is 4. The molecule has 0 amide bonds. The van der Waals surface area contributed by atoms with E-state index in [4.69, 9.17) is 5.53 Å². The lowest BCUT2D eigenvalue weighted by molar-refractivity contribution is -0.386. The lowest BCUT2D eigenvalue weighted by Crippen LogP contribution is -2.22. The Balaban J connectivity index is 3.20. The van der Waals surface area contributed by atoms with E-state index in [0.717, 1.165) is 0 Å². The minimum Gasteiger partial charge on any atom is -0.390 e. The molecule has 8 nitrogen and oxygen atoms in total. The Kier molecular flexibility index (Phi) is 4.70. The van der Waals surface area contributed by atoms with Gasteiger partial charge >= 0.3 is 0 Å². The Morgan fingerprint density at radius 1 is 1.42 bits per heavy atom. The zero-order valence-corrected chi connectivity index (χ0v) is 9.27. The quantitative estimate of drug-likeness (QED) is 0.277. The van der Waals surface area contributed by atoms with E-state index >= 15 is 0 Å². The van der Waals surface area contributed by atoms with Crippen LogP contribution in [0.25, 0.3) is 10.4 Å². The number of hydrogen-bond acceptors (Lipinski definition) is 5. The molecule has 0 saturated heterocycles. The summed E-state index contributed by atoms with van der Waals surface area (Å²) in [6.45, 7) is -0.576. The van der Waals surface area contributed by atoms with Crippen molar-refractivity contribution >= 4 is 5.69 Å². The van der Waals surface area contributed by atoms with E-state index < -0.39 is 46.6 Å². The van der Waals surface area contributed by atoms with Gasteiger partial charge in [-0.3, -0.25) is 10.1 Å². The van der Waals surface area contributed by atoms with Crippen LogP contribution in [-0.4, -0.2) is 27.8 Å². The SMILES string of the molecule is [N-]=[N+]=NCC(O)C(O)c1cc(F)c(F)cc1[N+](=O)[O-]. The Morgan fingerprint density at radius 2 is 2.00 bits per heavy atom. The molecule has 0 aliphatic heterocycles. The Morgan fingerprint density at radius 3 is 2.53 bits per heavy atom. The molecule has 0 heterocycles. The Bertz CT molecular complexity index is 547. The van der Waals surface area contributed by atoms with Crippen molar-refractivity contribution < 1.29 is 23.9 Å². The summed E-state index contributed by atoms with van der Waals surface area (Å²) < 4.78 is 25.9. The van der Waals surface area contributed by atoms with E-state index in [1.54, 1.807) is 0 Å². The lowest BCUT2D eigenvalue weighted by Gasteiger charge is -2.16. The van der Waals surface area contributed by atoms with Gasteiger partial charge in [0.1, 0.15) is 6.10 Å². The highest BCUT2D eigenvalue weighted by molar-refractivity contribution is 5.43. The number of azide groups is 1. The van der Waals surface area contributed by atoms with Crippen LogP contribution in [0.15, 0.2) is 17.2 Å². The van der Waals surface area contributed by atoms with Crippen molar-refractivity contribution in [2.45, 2.75) is 12.2 Å². The maximum absolute atomic E-state index is 13.0. The molecule has 102 valence electrons. The molecule has 0 bridgehead atoms. The molecular formula is C9H8F2N4O4. The van der Waals surface area contributed by atoms with Crippen molar-refractivity contribution in [3.8, 4) is 0 Å². The Hall–Kier alpha value is -2.29. The Labute approximate surface area is 104 Å². The highest BCUT2D eigenvalue weighted by Gasteiger charge is 2.28. The molecule has 0 spiro atoms. The second kappa shape index (κ2) is 6.05. The van der Waals surface area contributed by atoms with Crippen molar-refractivity contribution in [3.63, 3.8) is 0 Å². The van der Waals surface area contributed by atoms with Crippen LogP contribution >= 0.6 is 0 Å². The average Bonchev–Trinajstić information content (AvgIpc) is 2.37. The van der Waals surface area contributed by atoms with Gasteiger partial charge < -0.3 is 10.2 Å². The molecule has 2 atom stereocenters. The summed E-state index contributed by atoms with van der Waals surface area (Å²) >= 11 is 0. The number of nitro groups is 1. The molecule has 10 heteroatoms. The highest BCUT2D eigenvalue weighted by Crippen LogP contribution is 2.29. The number of aliphatic hydroxyl groups excluding tert-OH is 2. The number of benzene rings is 1. The van der Waals surface area contributed by atoms with Gasteiger partial charge in [-0.05, 0) is 11.6 Å². The van der Waals surface area contributed by atoms with Gasteiger partial charge in [0, 0.05) is 4.91 Å². The predicted molar refractivity (Wildman–Crippen MR) is 58.0 cm³/mol. The molecule has 0 aromatic heterocycles. The van der Waals surface area contributed by atoms with Crippen LogP contribution in [-0.2, 0) is 0 Å². The van der Waals surface area contributed by atoms with Crippen molar-refractivity contribution in [1.82, 2.24) is 0 Å². The first-order chi connectivity index (χ1) is 8.88. The molecular weight excluding hydrogens is 266 g/mol. The molecule has 1 rings (SSSR count). The third kappa shape index (κ3) is 3.35. The summed E-state index contributed by atoms with van der Waals surface area (Å²) in [5, 5.41) is 32.7. The topological polar surface area (TPSA) is 132 Å². The molecule has 1 aromatic carbocycles. The van der Waals surface area contributed by atoms with Gasteiger partial charge in [0.15, 0.2) is 11.6 Å². The second-order valence-corrected chi connectivity index (χ2v) is 3.51. The van der Waals surface area contributed by atoms with Crippen LogP contribution in [0, 0.1) is 21.7 Å². The molecule has 2 N–H and O–H groups in total. The molecule has 0 aliphatic carbocycles. The van der Waals surface area contributed by atoms with Gasteiger partial charge in [-0.15, -0.1) is 0 Å². The zero-order valence-electron chi connectivity index (χ0n) is 9.27. The third-order valence-electron chi connectivity index (χ3n) is 2.28. The first kappa shape index (κ1) is 14.8. The van der Waals surface area contributed by atoms with Crippen LogP contribution in [0.1, 0.15) is 11.7 Å². The van der Waals surface area contributed by atoms with Crippen molar-refractivity contribution in [2.24, 2.45) is 5.11 Å². The van der Waals surface area contributed by atoms with Crippen LogP contribution in [0.5, 0.6) is 0 Å². The fourth-order valence-electron chi connectivity index (χ4n) is 1.37. The average molecular weight is 274 g/mol. The minimum atomic E-state index is -1.89. The summed E-state index contributed by atoms with van der Waals surface area (Å²) in [6.07, 6.45) is -3.57. The number of halogens is 2. The van der Waals surface area contributed by atoms with Crippen molar-refractivity contribution in [2.75, 3.05) is 6.54 Å². The fraction of sp³-hybridized carbons (Fsp3) is 0.333. The van der Waals surface area contributed by atoms with Gasteiger partial charge in [0.2, 0.25) is 0 Å². The maximum atomic E-state index is 13.0. The molecule has 1 aromatic rings. The van der Waals surface area contributed by atoms with Crippen LogP contribution in [0.4, 0.5) is 14.5 Å². The summed E-state index contributed by atoms with van der Waals surface area (Å²) in [5.41, 5.74) is 6.55. The van der Waals surface area contributed by atoms with Gasteiger partial charge in [0.05, 0.1) is 29.2 Å². The summed E-state index contributed by atoms with van der Waals surface area (Å²) in [5.74, 6) is -2.86. The van der Waals surface area contributed by atoms with E-state index in [0.29, 0.717) is 12.1 Å². The fourth-order valence-corrected chi connectivity index (χ4v) is 1.37. The van der Waals surface area contributed by atoms with E-state index in [2.05, 4.69) is 10.0 Å². The van der Waals surface area contributed by atoms with Gasteiger partial charge in [0.25, 0.3) is 5.69 Å². The van der Waals surface area contributed by atoms with Gasteiger partial charge in [-0.1, -0.05) is 5.11 Å². The zero-order chi connectivity index (χ0) is 14.6. The normalized spacial score (nSPS) is 13.5. The summed E-state index contributed by atoms with van der Waals surface area (Å²) in [7, 11) is 0. The van der Waals surface area contributed by atoms with Crippen LogP contribution in [0.3, 0.4) is 0 Å². The van der Waals surface area contributed by atoms with Crippen molar-refractivity contribution in [1.29, 1.82) is 0 Å². The predicted octanol–water partition coefficient (Wildman–Crippen LogP) is 1.58. The summed E-state index contributed by atoms with van der Waals surface area (Å²) in [4.78, 5) is 12.0. The van der Waals surface area contributed by atoms with Gasteiger partial charge in [-0.25, -0.2) is 8.78 Å². The molecule has 0 saturated carbocycles. The van der Waals surface area contributed by atoms with Crippen LogP contribution in [0.2, 0.25) is 0 Å². The first-order valence-corrected chi connectivity index (χ1v) is 4.88.